The van der Waals surface area contributed by atoms with Gasteiger partial charge in [-0.3, -0.25) is 4.79 Å². The monoisotopic (exact) mass is 471 g/mol. The van der Waals surface area contributed by atoms with E-state index in [1.807, 2.05) is 19.1 Å². The molecular weight excluding hydrogens is 445 g/mol. The Morgan fingerprint density at radius 2 is 2.18 bits per heavy atom. The molecule has 5 heterocycles. The molecule has 3 atom stereocenters. The van der Waals surface area contributed by atoms with Crippen molar-refractivity contribution >= 4 is 38.8 Å². The molecule has 3 aromatic rings. The van der Waals surface area contributed by atoms with E-state index < -0.39 is 5.82 Å². The number of carbonyl (C=O) groups is 1. The molecule has 8 nitrogen and oxygen atoms in total. The lowest BCUT2D eigenvalue weighted by molar-refractivity contribution is 0.0936. The number of fused-ring (bicyclic) bond motifs is 2. The van der Waals surface area contributed by atoms with Crippen molar-refractivity contribution in [3.63, 3.8) is 0 Å². The van der Waals surface area contributed by atoms with Gasteiger partial charge in [-0.25, -0.2) is 9.37 Å². The van der Waals surface area contributed by atoms with Crippen LogP contribution in [-0.2, 0) is 11.2 Å². The number of anilines is 2. The number of pyridine rings is 2. The van der Waals surface area contributed by atoms with Gasteiger partial charge in [-0.1, -0.05) is 0 Å². The Kier molecular flexibility index (Phi) is 5.67. The van der Waals surface area contributed by atoms with Gasteiger partial charge < -0.3 is 25.8 Å². The van der Waals surface area contributed by atoms with E-state index in [-0.39, 0.29) is 36.1 Å². The van der Waals surface area contributed by atoms with Crippen molar-refractivity contribution in [2.24, 2.45) is 11.7 Å². The number of ether oxygens (including phenoxy) is 2. The number of rotatable bonds is 5. The van der Waals surface area contributed by atoms with Crippen LogP contribution in [-0.4, -0.2) is 54.7 Å². The largest absolute Gasteiger partial charge is 0.477 e. The summed E-state index contributed by atoms with van der Waals surface area (Å²) in [7, 11) is 1.60. The van der Waals surface area contributed by atoms with E-state index >= 15 is 0 Å². The summed E-state index contributed by atoms with van der Waals surface area (Å²) in [5.41, 5.74) is 14.3. The van der Waals surface area contributed by atoms with Crippen LogP contribution in [0.15, 0.2) is 18.2 Å². The first kappa shape index (κ1) is 22.0. The number of methoxy groups -OCH3 is 1. The van der Waals surface area contributed by atoms with Gasteiger partial charge in [-0.05, 0) is 31.5 Å². The van der Waals surface area contributed by atoms with Crippen LogP contribution in [0.25, 0.3) is 10.2 Å². The van der Waals surface area contributed by atoms with E-state index in [2.05, 4.69) is 9.97 Å². The number of nitrogen functional groups attached to an aromatic ring is 1. The van der Waals surface area contributed by atoms with Gasteiger partial charge in [0.1, 0.15) is 4.83 Å². The first-order valence-electron chi connectivity index (χ1n) is 10.9. The van der Waals surface area contributed by atoms with Crippen LogP contribution in [0, 0.1) is 18.7 Å². The second-order valence-corrected chi connectivity index (χ2v) is 9.76. The van der Waals surface area contributed by atoms with E-state index in [1.54, 1.807) is 12.0 Å². The fourth-order valence-corrected chi connectivity index (χ4v) is 5.65. The molecule has 0 aliphatic carbocycles. The average Bonchev–Trinajstić information content (AvgIpc) is 3.32. The van der Waals surface area contributed by atoms with Gasteiger partial charge in [-0.2, -0.15) is 4.98 Å². The summed E-state index contributed by atoms with van der Waals surface area (Å²) in [6, 6.07) is 5.03. The predicted octanol–water partition coefficient (Wildman–Crippen LogP) is 2.71. The second-order valence-electron chi connectivity index (χ2n) is 8.76. The molecule has 5 rings (SSSR count). The lowest BCUT2D eigenvalue weighted by Gasteiger charge is -2.26. The van der Waals surface area contributed by atoms with Crippen molar-refractivity contribution in [1.29, 1.82) is 0 Å². The third-order valence-electron chi connectivity index (χ3n) is 6.33. The predicted molar refractivity (Wildman–Crippen MR) is 126 cm³/mol. The molecule has 10 heteroatoms. The Hall–Kier alpha value is -2.82. The van der Waals surface area contributed by atoms with Crippen molar-refractivity contribution in [2.75, 3.05) is 37.4 Å². The SMILES string of the molecule is CO[C@H]1CN(c2nc3c(cc2F)C[C@@H](CC(=O)c2sc4nc(C)ccc4c2N)CO3)C[C@@H]1N. The summed E-state index contributed by atoms with van der Waals surface area (Å²) < 4.78 is 26.1. The Balaban J connectivity index is 1.31. The van der Waals surface area contributed by atoms with Crippen LogP contribution < -0.4 is 21.1 Å². The number of hydrogen-bond acceptors (Lipinski definition) is 9. The molecule has 0 spiro atoms. The molecule has 0 aromatic carbocycles. The smallest absolute Gasteiger partial charge is 0.218 e. The number of halogens is 1. The van der Waals surface area contributed by atoms with Gasteiger partial charge in [0.25, 0.3) is 0 Å². The number of carbonyl (C=O) groups excluding carboxylic acids is 1. The van der Waals surface area contributed by atoms with Gasteiger partial charge in [0.05, 0.1) is 29.3 Å². The van der Waals surface area contributed by atoms with Gasteiger partial charge >= 0.3 is 0 Å². The fraction of sp³-hybridized carbons (Fsp3) is 0.435. The minimum Gasteiger partial charge on any atom is -0.477 e. The van der Waals surface area contributed by atoms with Crippen LogP contribution >= 0.6 is 11.3 Å². The zero-order valence-corrected chi connectivity index (χ0v) is 19.3. The number of aryl methyl sites for hydroxylation is 1. The van der Waals surface area contributed by atoms with Gasteiger partial charge in [0, 0.05) is 49.2 Å². The van der Waals surface area contributed by atoms with Crippen molar-refractivity contribution < 1.29 is 18.7 Å². The molecule has 4 N–H and O–H groups in total. The fourth-order valence-electron chi connectivity index (χ4n) is 4.56. The molecule has 2 aliphatic rings. The Bertz CT molecular complexity index is 1230. The minimum atomic E-state index is -0.427. The van der Waals surface area contributed by atoms with E-state index in [9.17, 15) is 9.18 Å². The number of thiophene rings is 1. The van der Waals surface area contributed by atoms with Gasteiger partial charge in [0.2, 0.25) is 5.88 Å². The standard InChI is InChI=1S/C23H26FN5O3S/c1-11-3-4-14-19(26)20(33-23(14)27-11)17(30)6-12-5-13-7-15(24)21(28-22(13)32-10-12)29-8-16(25)18(9-29)31-2/h3-4,7,12,16,18H,5-6,8-10,25-26H2,1-2H3/t12-,16-,18-/m0/s1. The molecule has 1 fully saturated rings. The maximum atomic E-state index is 14.9. The number of nitrogens with zero attached hydrogens (tertiary/aromatic N) is 3. The van der Waals surface area contributed by atoms with E-state index in [0.29, 0.717) is 48.1 Å². The number of hydrogen-bond donors (Lipinski definition) is 2. The topological polar surface area (TPSA) is 117 Å². The van der Waals surface area contributed by atoms with Gasteiger partial charge in [0.15, 0.2) is 17.4 Å². The first-order chi connectivity index (χ1) is 15.8. The van der Waals surface area contributed by atoms with Gasteiger partial charge in [-0.15, -0.1) is 11.3 Å². The number of Topliss-reactive ketones (excluding diaryl/α,β-unsaturated/α-hetero) is 1. The number of aromatic nitrogens is 2. The third kappa shape index (κ3) is 4.03. The van der Waals surface area contributed by atoms with Crippen LogP contribution in [0.1, 0.15) is 27.3 Å². The molecule has 3 aromatic heterocycles. The number of nitrogens with two attached hydrogens (primary N) is 2. The quantitative estimate of drug-likeness (QED) is 0.546. The second kappa shape index (κ2) is 8.51. The zero-order valence-electron chi connectivity index (χ0n) is 18.5. The maximum Gasteiger partial charge on any atom is 0.218 e. The summed E-state index contributed by atoms with van der Waals surface area (Å²) in [6.07, 6.45) is 0.599. The summed E-state index contributed by atoms with van der Waals surface area (Å²) in [5.74, 6) is 0.0644. The van der Waals surface area contributed by atoms with E-state index in [4.69, 9.17) is 20.9 Å². The van der Waals surface area contributed by atoms with Crippen LogP contribution in [0.2, 0.25) is 0 Å². The van der Waals surface area contributed by atoms with Crippen LogP contribution in [0.3, 0.4) is 0 Å². The summed E-state index contributed by atoms with van der Waals surface area (Å²) in [6.45, 7) is 3.17. The molecule has 1 saturated heterocycles. The summed E-state index contributed by atoms with van der Waals surface area (Å²) in [5, 5.41) is 0.801. The molecule has 0 unspecified atom stereocenters. The summed E-state index contributed by atoms with van der Waals surface area (Å²) in [4.78, 5) is 25.0. The molecule has 174 valence electrons. The molecule has 0 bridgehead atoms. The van der Waals surface area contributed by atoms with Crippen molar-refractivity contribution in [3.05, 3.63) is 40.2 Å². The van der Waals surface area contributed by atoms with E-state index in [1.165, 1.54) is 17.4 Å². The molecule has 0 saturated carbocycles. The highest BCUT2D eigenvalue weighted by Crippen LogP contribution is 2.36. The molecule has 0 radical (unpaired) electrons. The Morgan fingerprint density at radius 3 is 2.94 bits per heavy atom. The van der Waals surface area contributed by atoms with Crippen LogP contribution in [0.5, 0.6) is 5.88 Å². The molecular formula is C23H26FN5O3S. The summed E-state index contributed by atoms with van der Waals surface area (Å²) >= 11 is 1.32. The lowest BCUT2D eigenvalue weighted by Crippen LogP contribution is -2.34. The molecule has 0 amide bonds. The Labute approximate surface area is 194 Å². The Morgan fingerprint density at radius 1 is 1.36 bits per heavy atom. The minimum absolute atomic E-state index is 0.0492. The lowest BCUT2D eigenvalue weighted by atomic mass is 9.93. The van der Waals surface area contributed by atoms with Crippen LogP contribution in [0.4, 0.5) is 15.9 Å². The maximum absolute atomic E-state index is 14.9. The molecule has 2 aliphatic heterocycles. The van der Waals surface area contributed by atoms with E-state index in [0.717, 1.165) is 15.9 Å². The first-order valence-corrected chi connectivity index (χ1v) is 11.7. The highest BCUT2D eigenvalue weighted by atomic mass is 32.1. The van der Waals surface area contributed by atoms with Crippen molar-refractivity contribution in [1.82, 2.24) is 9.97 Å². The highest BCUT2D eigenvalue weighted by Gasteiger charge is 2.34. The normalized spacial score (nSPS) is 22.4. The average molecular weight is 472 g/mol. The number of ketones is 1. The molecule has 33 heavy (non-hydrogen) atoms. The third-order valence-corrected chi connectivity index (χ3v) is 7.49. The van der Waals surface area contributed by atoms with Crippen molar-refractivity contribution in [2.45, 2.75) is 31.9 Å². The highest BCUT2D eigenvalue weighted by molar-refractivity contribution is 7.21. The van der Waals surface area contributed by atoms with Crippen molar-refractivity contribution in [3.8, 4) is 5.88 Å². The zero-order chi connectivity index (χ0) is 23.3.